The number of anilines is 1. The molecule has 0 saturated carbocycles. The number of nitrogens with two attached hydrogens (primary N) is 1. The standard InChI is InChI=1S/C16H17N3O6S/c1-11-2-7-14(15(8-11)19(21)22)18(26(23)24)9-12-3-5-13(6-4-12)10-25-16(17)20/h2-8H,9-10H2,1H3,(H2,17,20)(H,23,24). The Morgan fingerprint density at radius 1 is 1.27 bits per heavy atom. The first-order valence-corrected chi connectivity index (χ1v) is 8.48. The van der Waals surface area contributed by atoms with Gasteiger partial charge in [0.1, 0.15) is 12.3 Å². The van der Waals surface area contributed by atoms with E-state index in [2.05, 4.69) is 4.74 Å². The third-order valence-electron chi connectivity index (χ3n) is 3.52. The van der Waals surface area contributed by atoms with Crippen LogP contribution in [0.15, 0.2) is 42.5 Å². The molecule has 0 aliphatic carbocycles. The Labute approximate surface area is 151 Å². The summed E-state index contributed by atoms with van der Waals surface area (Å²) >= 11 is -2.46. The van der Waals surface area contributed by atoms with Crippen LogP contribution in [-0.2, 0) is 29.2 Å². The van der Waals surface area contributed by atoms with Gasteiger partial charge in [0.05, 0.1) is 11.5 Å². The number of hydrogen-bond donors (Lipinski definition) is 2. The summed E-state index contributed by atoms with van der Waals surface area (Å²) in [5, 5.41) is 11.3. The van der Waals surface area contributed by atoms with Crippen molar-refractivity contribution >= 4 is 28.7 Å². The Kier molecular flexibility index (Phi) is 6.26. The largest absolute Gasteiger partial charge is 0.445 e. The van der Waals surface area contributed by atoms with E-state index in [1.807, 2.05) is 0 Å². The van der Waals surface area contributed by atoms with Gasteiger partial charge < -0.3 is 10.5 Å². The van der Waals surface area contributed by atoms with Gasteiger partial charge in [0.15, 0.2) is 0 Å². The molecule has 0 fully saturated rings. The minimum Gasteiger partial charge on any atom is -0.445 e. The predicted molar refractivity (Wildman–Crippen MR) is 95.6 cm³/mol. The third-order valence-corrected chi connectivity index (χ3v) is 4.22. The van der Waals surface area contributed by atoms with Gasteiger partial charge in [-0.05, 0) is 29.7 Å². The second kappa shape index (κ2) is 8.41. The van der Waals surface area contributed by atoms with Crippen molar-refractivity contribution in [2.75, 3.05) is 4.31 Å². The molecule has 0 spiro atoms. The summed E-state index contributed by atoms with van der Waals surface area (Å²) < 4.78 is 27.1. The first kappa shape index (κ1) is 19.3. The summed E-state index contributed by atoms with van der Waals surface area (Å²) in [5.41, 5.74) is 6.69. The highest BCUT2D eigenvalue weighted by Gasteiger charge is 2.23. The van der Waals surface area contributed by atoms with Crippen LogP contribution in [0.4, 0.5) is 16.2 Å². The lowest BCUT2D eigenvalue weighted by molar-refractivity contribution is -0.384. The van der Waals surface area contributed by atoms with E-state index in [0.29, 0.717) is 16.7 Å². The zero-order valence-corrected chi connectivity index (χ0v) is 14.6. The molecule has 138 valence electrons. The van der Waals surface area contributed by atoms with Crippen LogP contribution in [0.25, 0.3) is 0 Å². The number of carbonyl (C=O) groups is 1. The van der Waals surface area contributed by atoms with E-state index in [-0.39, 0.29) is 24.5 Å². The van der Waals surface area contributed by atoms with Crippen LogP contribution in [0, 0.1) is 17.0 Å². The Balaban J connectivity index is 2.26. The molecule has 1 amide bonds. The molecule has 0 aromatic heterocycles. The van der Waals surface area contributed by atoms with Crippen molar-refractivity contribution in [1.29, 1.82) is 0 Å². The van der Waals surface area contributed by atoms with Crippen LogP contribution < -0.4 is 10.0 Å². The Hall–Kier alpha value is -2.98. The molecule has 1 atom stereocenters. The van der Waals surface area contributed by atoms with Gasteiger partial charge in [-0.2, -0.15) is 0 Å². The quantitative estimate of drug-likeness (QED) is 0.431. The van der Waals surface area contributed by atoms with E-state index in [1.54, 1.807) is 37.3 Å². The van der Waals surface area contributed by atoms with Crippen LogP contribution >= 0.6 is 0 Å². The van der Waals surface area contributed by atoms with Gasteiger partial charge in [-0.15, -0.1) is 0 Å². The lowest BCUT2D eigenvalue weighted by Gasteiger charge is -2.20. The average Bonchev–Trinajstić information content (AvgIpc) is 2.58. The molecule has 9 nitrogen and oxygen atoms in total. The smallest absolute Gasteiger partial charge is 0.404 e. The fourth-order valence-corrected chi connectivity index (χ4v) is 2.86. The van der Waals surface area contributed by atoms with Crippen LogP contribution in [-0.4, -0.2) is 19.8 Å². The lowest BCUT2D eigenvalue weighted by Crippen LogP contribution is -2.25. The molecule has 0 heterocycles. The summed E-state index contributed by atoms with van der Waals surface area (Å²) in [4.78, 5) is 21.3. The van der Waals surface area contributed by atoms with Crippen molar-refractivity contribution in [3.05, 3.63) is 69.3 Å². The van der Waals surface area contributed by atoms with Gasteiger partial charge >= 0.3 is 6.09 Å². The maximum absolute atomic E-state index is 11.8. The predicted octanol–water partition coefficient (Wildman–Crippen LogP) is 2.64. The van der Waals surface area contributed by atoms with Crippen molar-refractivity contribution in [2.45, 2.75) is 20.1 Å². The van der Waals surface area contributed by atoms with Crippen molar-refractivity contribution in [1.82, 2.24) is 0 Å². The Bertz CT molecular complexity index is 840. The maximum Gasteiger partial charge on any atom is 0.404 e. The highest BCUT2D eigenvalue weighted by molar-refractivity contribution is 7.80. The second-order valence-corrected chi connectivity index (χ2v) is 6.34. The monoisotopic (exact) mass is 379 g/mol. The molecule has 3 N–H and O–H groups in total. The van der Waals surface area contributed by atoms with E-state index in [0.717, 1.165) is 4.31 Å². The topological polar surface area (TPSA) is 136 Å². The Morgan fingerprint density at radius 2 is 1.88 bits per heavy atom. The highest BCUT2D eigenvalue weighted by atomic mass is 32.2. The number of rotatable bonds is 7. The normalized spacial score (nSPS) is 11.6. The molecule has 0 bridgehead atoms. The molecule has 0 aliphatic rings. The molecule has 1 unspecified atom stereocenters. The van der Waals surface area contributed by atoms with E-state index < -0.39 is 22.3 Å². The Morgan fingerprint density at radius 3 is 2.42 bits per heavy atom. The molecule has 0 radical (unpaired) electrons. The van der Waals surface area contributed by atoms with Crippen molar-refractivity contribution in [2.24, 2.45) is 5.73 Å². The molecule has 0 aliphatic heterocycles. The summed E-state index contributed by atoms with van der Waals surface area (Å²) in [7, 11) is 0. The second-order valence-electron chi connectivity index (χ2n) is 5.44. The van der Waals surface area contributed by atoms with Gasteiger partial charge in [0.2, 0.25) is 0 Å². The van der Waals surface area contributed by atoms with Crippen LogP contribution in [0.3, 0.4) is 0 Å². The van der Waals surface area contributed by atoms with Crippen molar-refractivity contribution in [3.63, 3.8) is 0 Å². The van der Waals surface area contributed by atoms with Gasteiger partial charge in [0, 0.05) is 6.07 Å². The zero-order valence-electron chi connectivity index (χ0n) is 13.8. The minimum atomic E-state index is -2.46. The number of aryl methyl sites for hydroxylation is 1. The molecular formula is C16H17N3O6S. The number of benzene rings is 2. The molecular weight excluding hydrogens is 362 g/mol. The number of carbonyl (C=O) groups excluding carboxylic acids is 1. The van der Waals surface area contributed by atoms with Crippen LogP contribution in [0.5, 0.6) is 0 Å². The number of hydrogen-bond acceptors (Lipinski definition) is 5. The number of nitro benzene ring substituents is 1. The number of primary amides is 1. The first-order valence-electron chi connectivity index (χ1n) is 7.41. The molecule has 26 heavy (non-hydrogen) atoms. The molecule has 2 aromatic carbocycles. The minimum absolute atomic E-state index is 0.00862. The SMILES string of the molecule is Cc1ccc(N(Cc2ccc(COC(N)=O)cc2)S(=O)O)c([N+](=O)[O-])c1. The molecule has 0 saturated heterocycles. The lowest BCUT2D eigenvalue weighted by atomic mass is 10.1. The molecule has 2 rings (SSSR count). The summed E-state index contributed by atoms with van der Waals surface area (Å²) in [6, 6.07) is 11.1. The van der Waals surface area contributed by atoms with Gasteiger partial charge in [0.25, 0.3) is 17.0 Å². The van der Waals surface area contributed by atoms with E-state index in [4.69, 9.17) is 5.73 Å². The number of nitrogens with zero attached hydrogens (tertiary/aromatic N) is 2. The summed E-state index contributed by atoms with van der Waals surface area (Å²) in [5.74, 6) is 0. The molecule has 2 aromatic rings. The summed E-state index contributed by atoms with van der Waals surface area (Å²) in [6.07, 6.45) is -0.886. The number of nitro groups is 1. The van der Waals surface area contributed by atoms with Gasteiger partial charge in [-0.25, -0.2) is 9.00 Å². The first-order chi connectivity index (χ1) is 12.3. The van der Waals surface area contributed by atoms with Crippen LogP contribution in [0.1, 0.15) is 16.7 Å². The van der Waals surface area contributed by atoms with Crippen LogP contribution in [0.2, 0.25) is 0 Å². The maximum atomic E-state index is 11.8. The zero-order chi connectivity index (χ0) is 19.3. The van der Waals surface area contributed by atoms with Gasteiger partial charge in [-0.3, -0.25) is 19.0 Å². The number of ether oxygens (including phenoxy) is 1. The number of amides is 1. The fraction of sp³-hybridized carbons (Fsp3) is 0.188. The molecule has 10 heteroatoms. The van der Waals surface area contributed by atoms with Crippen molar-refractivity contribution < 1.29 is 23.2 Å². The third kappa shape index (κ3) is 5.01. The van der Waals surface area contributed by atoms with Gasteiger partial charge in [-0.1, -0.05) is 30.3 Å². The van der Waals surface area contributed by atoms with Crippen molar-refractivity contribution in [3.8, 4) is 0 Å². The van der Waals surface area contributed by atoms with E-state index in [9.17, 15) is 23.7 Å². The van der Waals surface area contributed by atoms with E-state index in [1.165, 1.54) is 12.1 Å². The highest BCUT2D eigenvalue weighted by Crippen LogP contribution is 2.31. The average molecular weight is 379 g/mol. The van der Waals surface area contributed by atoms with E-state index >= 15 is 0 Å². The summed E-state index contributed by atoms with van der Waals surface area (Å²) in [6.45, 7) is 1.68. The fourth-order valence-electron chi connectivity index (χ4n) is 2.28.